The van der Waals surface area contributed by atoms with E-state index in [1.807, 2.05) is 0 Å². The standard InChI is InChI=1S/C18H17F3OS2/c1-2-3-4-5-13-10-14(18(19,20)21)17(24-13)16-8-11-6-7-12(23)9-15(11)22-16/h6-10,23H,2-5H2,1H3. The van der Waals surface area contributed by atoms with Gasteiger partial charge in [0.25, 0.3) is 0 Å². The summed E-state index contributed by atoms with van der Waals surface area (Å²) in [5, 5.41) is 0.775. The summed E-state index contributed by atoms with van der Waals surface area (Å²) in [6.07, 6.45) is -0.758. The highest BCUT2D eigenvalue weighted by molar-refractivity contribution is 7.80. The summed E-state index contributed by atoms with van der Waals surface area (Å²) >= 11 is 5.41. The van der Waals surface area contributed by atoms with Gasteiger partial charge in [-0.05, 0) is 43.2 Å². The number of hydrogen-bond acceptors (Lipinski definition) is 3. The third-order valence-electron chi connectivity index (χ3n) is 3.84. The first-order valence-electron chi connectivity index (χ1n) is 7.81. The van der Waals surface area contributed by atoms with Crippen molar-refractivity contribution in [2.24, 2.45) is 0 Å². The summed E-state index contributed by atoms with van der Waals surface area (Å²) in [7, 11) is 0. The van der Waals surface area contributed by atoms with Crippen molar-refractivity contribution < 1.29 is 17.6 Å². The molecular formula is C18H17F3OS2. The lowest BCUT2D eigenvalue weighted by Gasteiger charge is -2.05. The Morgan fingerprint density at radius 1 is 1.12 bits per heavy atom. The summed E-state index contributed by atoms with van der Waals surface area (Å²) in [6.45, 7) is 2.07. The SMILES string of the molecule is CCCCCc1cc(C(F)(F)F)c(-c2cc3ccc(S)cc3o2)s1. The Morgan fingerprint density at radius 2 is 1.92 bits per heavy atom. The molecule has 0 bridgehead atoms. The van der Waals surface area contributed by atoms with Gasteiger partial charge in [0.05, 0.1) is 10.4 Å². The molecule has 2 heterocycles. The van der Waals surface area contributed by atoms with Crippen LogP contribution in [0.15, 0.2) is 39.6 Å². The summed E-state index contributed by atoms with van der Waals surface area (Å²) < 4.78 is 45.9. The molecule has 0 aliphatic carbocycles. The van der Waals surface area contributed by atoms with Crippen LogP contribution in [0, 0.1) is 0 Å². The molecule has 2 aromatic heterocycles. The number of halogens is 3. The number of fused-ring (bicyclic) bond motifs is 1. The van der Waals surface area contributed by atoms with Crippen LogP contribution in [0.5, 0.6) is 0 Å². The third-order valence-corrected chi connectivity index (χ3v) is 5.33. The topological polar surface area (TPSA) is 13.1 Å². The van der Waals surface area contributed by atoms with Crippen molar-refractivity contribution in [2.45, 2.75) is 43.7 Å². The van der Waals surface area contributed by atoms with Crippen LogP contribution in [0.1, 0.15) is 36.6 Å². The molecule has 24 heavy (non-hydrogen) atoms. The number of furan rings is 1. The van der Waals surface area contributed by atoms with Gasteiger partial charge in [0.1, 0.15) is 11.3 Å². The Labute approximate surface area is 147 Å². The highest BCUT2D eigenvalue weighted by Crippen LogP contribution is 2.44. The second-order valence-electron chi connectivity index (χ2n) is 5.74. The number of alkyl halides is 3. The van der Waals surface area contributed by atoms with E-state index in [1.54, 1.807) is 24.3 Å². The largest absolute Gasteiger partial charge is 0.455 e. The number of hydrogen-bond donors (Lipinski definition) is 1. The summed E-state index contributed by atoms with van der Waals surface area (Å²) in [6, 6.07) is 8.24. The smallest absolute Gasteiger partial charge is 0.417 e. The average molecular weight is 370 g/mol. The van der Waals surface area contributed by atoms with E-state index in [2.05, 4.69) is 19.6 Å². The molecule has 0 saturated heterocycles. The van der Waals surface area contributed by atoms with Crippen molar-refractivity contribution in [1.29, 1.82) is 0 Å². The summed E-state index contributed by atoms with van der Waals surface area (Å²) in [5.74, 6) is 0.267. The van der Waals surface area contributed by atoms with Crippen LogP contribution in [0.4, 0.5) is 13.2 Å². The van der Waals surface area contributed by atoms with Gasteiger partial charge in [-0.15, -0.1) is 24.0 Å². The highest BCUT2D eigenvalue weighted by atomic mass is 32.1. The van der Waals surface area contributed by atoms with Crippen LogP contribution in [-0.4, -0.2) is 0 Å². The molecular weight excluding hydrogens is 353 g/mol. The molecule has 3 aromatic rings. The molecule has 1 aromatic carbocycles. The van der Waals surface area contributed by atoms with Crippen LogP contribution >= 0.6 is 24.0 Å². The van der Waals surface area contributed by atoms with E-state index in [4.69, 9.17) is 4.42 Å². The zero-order valence-corrected chi connectivity index (χ0v) is 14.8. The van der Waals surface area contributed by atoms with Crippen molar-refractivity contribution in [3.05, 3.63) is 40.8 Å². The van der Waals surface area contributed by atoms with Gasteiger partial charge >= 0.3 is 6.18 Å². The predicted octanol–water partition coefficient (Wildman–Crippen LogP) is 7.20. The van der Waals surface area contributed by atoms with Crippen molar-refractivity contribution in [2.75, 3.05) is 0 Å². The molecule has 0 saturated carbocycles. The maximum absolute atomic E-state index is 13.4. The van der Waals surface area contributed by atoms with Crippen LogP contribution in [0.25, 0.3) is 21.6 Å². The zero-order chi connectivity index (χ0) is 17.3. The molecule has 0 fully saturated rings. The monoisotopic (exact) mass is 370 g/mol. The van der Waals surface area contributed by atoms with E-state index in [1.165, 1.54) is 17.4 Å². The number of aryl methyl sites for hydroxylation is 1. The molecule has 6 heteroatoms. The molecule has 0 atom stereocenters. The Morgan fingerprint density at radius 3 is 2.62 bits per heavy atom. The van der Waals surface area contributed by atoms with Crippen LogP contribution in [0.2, 0.25) is 0 Å². The van der Waals surface area contributed by atoms with Crippen LogP contribution in [-0.2, 0) is 12.6 Å². The van der Waals surface area contributed by atoms with Crippen LogP contribution in [0.3, 0.4) is 0 Å². The fourth-order valence-electron chi connectivity index (χ4n) is 2.64. The molecule has 0 aliphatic heterocycles. The van der Waals surface area contributed by atoms with Gasteiger partial charge in [0.2, 0.25) is 0 Å². The van der Waals surface area contributed by atoms with Gasteiger partial charge in [-0.1, -0.05) is 19.8 Å². The third kappa shape index (κ3) is 3.64. The Hall–Kier alpha value is -1.40. The van der Waals surface area contributed by atoms with Crippen molar-refractivity contribution in [3.8, 4) is 10.6 Å². The van der Waals surface area contributed by atoms with Gasteiger partial charge in [0.15, 0.2) is 0 Å². The summed E-state index contributed by atoms with van der Waals surface area (Å²) in [4.78, 5) is 1.62. The van der Waals surface area contributed by atoms with Gasteiger partial charge in [-0.2, -0.15) is 13.2 Å². The fourth-order valence-corrected chi connectivity index (χ4v) is 4.00. The molecule has 128 valence electrons. The second-order valence-corrected chi connectivity index (χ2v) is 7.40. The Bertz CT molecular complexity index is 846. The normalized spacial score (nSPS) is 12.2. The van der Waals surface area contributed by atoms with E-state index in [-0.39, 0.29) is 10.6 Å². The number of benzene rings is 1. The van der Waals surface area contributed by atoms with E-state index in [0.717, 1.165) is 29.5 Å². The van der Waals surface area contributed by atoms with Crippen LogP contribution < -0.4 is 0 Å². The predicted molar refractivity (Wildman–Crippen MR) is 95.0 cm³/mol. The van der Waals surface area contributed by atoms with Crippen molar-refractivity contribution in [3.63, 3.8) is 0 Å². The molecule has 1 nitrogen and oxygen atoms in total. The van der Waals surface area contributed by atoms with Crippen molar-refractivity contribution in [1.82, 2.24) is 0 Å². The van der Waals surface area contributed by atoms with Gasteiger partial charge in [0, 0.05) is 15.2 Å². The minimum atomic E-state index is -4.39. The first-order valence-corrected chi connectivity index (χ1v) is 9.07. The molecule has 0 spiro atoms. The molecule has 0 unspecified atom stereocenters. The number of unbranched alkanes of at least 4 members (excludes halogenated alkanes) is 2. The number of thiophene rings is 1. The number of rotatable bonds is 5. The minimum absolute atomic E-state index is 0.158. The van der Waals surface area contributed by atoms with E-state index in [0.29, 0.717) is 16.9 Å². The Kier molecular flexibility index (Phi) is 4.97. The average Bonchev–Trinajstić information content (AvgIpc) is 3.10. The lowest BCUT2D eigenvalue weighted by molar-refractivity contribution is -0.136. The molecule has 0 aliphatic rings. The van der Waals surface area contributed by atoms with Crippen molar-refractivity contribution >= 4 is 34.9 Å². The number of thiol groups is 1. The van der Waals surface area contributed by atoms with Gasteiger partial charge < -0.3 is 4.42 Å². The minimum Gasteiger partial charge on any atom is -0.455 e. The van der Waals surface area contributed by atoms with E-state index < -0.39 is 11.7 Å². The van der Waals surface area contributed by atoms with Gasteiger partial charge in [-0.3, -0.25) is 0 Å². The maximum Gasteiger partial charge on any atom is 0.417 e. The lowest BCUT2D eigenvalue weighted by Crippen LogP contribution is -2.04. The van der Waals surface area contributed by atoms with E-state index >= 15 is 0 Å². The fraction of sp³-hybridized carbons (Fsp3) is 0.333. The van der Waals surface area contributed by atoms with E-state index in [9.17, 15) is 13.2 Å². The maximum atomic E-state index is 13.4. The second kappa shape index (κ2) is 6.84. The van der Waals surface area contributed by atoms with Gasteiger partial charge in [-0.25, -0.2) is 0 Å². The first-order chi connectivity index (χ1) is 11.4. The first kappa shape index (κ1) is 17.4. The molecule has 3 rings (SSSR count). The molecule has 0 N–H and O–H groups in total. The zero-order valence-electron chi connectivity index (χ0n) is 13.1. The Balaban J connectivity index is 2.03. The molecule has 0 amide bonds. The quantitative estimate of drug-likeness (QED) is 0.370. The molecule has 0 radical (unpaired) electrons. The highest BCUT2D eigenvalue weighted by Gasteiger charge is 2.36. The lowest BCUT2D eigenvalue weighted by atomic mass is 10.1. The summed E-state index contributed by atoms with van der Waals surface area (Å²) in [5.41, 5.74) is -0.0595.